The molecular formula is C15H19NO3. The van der Waals surface area contributed by atoms with E-state index in [0.29, 0.717) is 0 Å². The Balaban J connectivity index is 2.03. The van der Waals surface area contributed by atoms with Crippen molar-refractivity contribution in [3.8, 4) is 5.75 Å². The average Bonchev–Trinajstić information content (AvgIpc) is 2.93. The minimum atomic E-state index is -0.0423. The lowest BCUT2D eigenvalue weighted by atomic mass is 10.2. The molecule has 0 spiro atoms. The maximum Gasteiger partial charge on any atom is 0.246 e. The first-order valence-electron chi connectivity index (χ1n) is 6.48. The van der Waals surface area contributed by atoms with Crippen LogP contribution in [0.2, 0.25) is 0 Å². The van der Waals surface area contributed by atoms with E-state index < -0.39 is 0 Å². The molecule has 2 rings (SSSR count). The summed E-state index contributed by atoms with van der Waals surface area (Å²) in [5.41, 5.74) is 0.924. The Bertz CT molecular complexity index is 470. The van der Waals surface area contributed by atoms with Crippen molar-refractivity contribution in [2.75, 3.05) is 20.3 Å². The third kappa shape index (κ3) is 3.35. The molecule has 0 bridgehead atoms. The van der Waals surface area contributed by atoms with Crippen LogP contribution in [0.25, 0.3) is 6.08 Å². The van der Waals surface area contributed by atoms with Crippen molar-refractivity contribution < 1.29 is 14.6 Å². The minimum Gasteiger partial charge on any atom is -0.497 e. The first kappa shape index (κ1) is 13.6. The maximum absolute atomic E-state index is 12.0. The van der Waals surface area contributed by atoms with E-state index >= 15 is 0 Å². The lowest BCUT2D eigenvalue weighted by molar-refractivity contribution is -0.127. The average molecular weight is 261 g/mol. The fraction of sp³-hybridized carbons (Fsp3) is 0.400. The molecule has 1 aliphatic rings. The van der Waals surface area contributed by atoms with Crippen molar-refractivity contribution in [3.63, 3.8) is 0 Å². The monoisotopic (exact) mass is 261 g/mol. The number of rotatable bonds is 4. The van der Waals surface area contributed by atoms with Crippen molar-refractivity contribution in [2.24, 2.45) is 0 Å². The van der Waals surface area contributed by atoms with Crippen LogP contribution in [-0.2, 0) is 4.79 Å². The summed E-state index contributed by atoms with van der Waals surface area (Å²) in [7, 11) is 1.62. The molecular weight excluding hydrogens is 242 g/mol. The summed E-state index contributed by atoms with van der Waals surface area (Å²) in [5, 5.41) is 9.20. The van der Waals surface area contributed by atoms with E-state index in [1.807, 2.05) is 24.3 Å². The number of hydrogen-bond donors (Lipinski definition) is 1. The van der Waals surface area contributed by atoms with E-state index in [1.54, 1.807) is 24.2 Å². The predicted octanol–water partition coefficient (Wildman–Crippen LogP) is 1.69. The number of methoxy groups -OCH3 is 1. The summed E-state index contributed by atoms with van der Waals surface area (Å²) in [6, 6.07) is 7.51. The molecule has 19 heavy (non-hydrogen) atoms. The van der Waals surface area contributed by atoms with E-state index in [4.69, 9.17) is 4.74 Å². The van der Waals surface area contributed by atoms with E-state index in [-0.39, 0.29) is 18.6 Å². The second-order valence-electron chi connectivity index (χ2n) is 4.62. The number of ether oxygens (including phenoxy) is 1. The van der Waals surface area contributed by atoms with Gasteiger partial charge in [-0.05, 0) is 36.6 Å². The summed E-state index contributed by atoms with van der Waals surface area (Å²) >= 11 is 0. The smallest absolute Gasteiger partial charge is 0.246 e. The molecule has 0 saturated carbocycles. The molecule has 1 amide bonds. The van der Waals surface area contributed by atoms with Gasteiger partial charge in [-0.1, -0.05) is 12.1 Å². The van der Waals surface area contributed by atoms with E-state index in [1.165, 1.54) is 0 Å². The molecule has 1 aliphatic heterocycles. The van der Waals surface area contributed by atoms with Gasteiger partial charge in [-0.15, -0.1) is 0 Å². The van der Waals surface area contributed by atoms with Gasteiger partial charge in [0.05, 0.1) is 19.8 Å². The highest BCUT2D eigenvalue weighted by atomic mass is 16.5. The number of benzene rings is 1. The highest BCUT2D eigenvalue weighted by Gasteiger charge is 2.26. The lowest BCUT2D eigenvalue weighted by Gasteiger charge is -2.21. The number of hydrogen-bond acceptors (Lipinski definition) is 3. The first-order valence-corrected chi connectivity index (χ1v) is 6.48. The normalized spacial score (nSPS) is 19.1. The lowest BCUT2D eigenvalue weighted by Crippen LogP contribution is -2.36. The Hall–Kier alpha value is -1.81. The van der Waals surface area contributed by atoms with Crippen LogP contribution < -0.4 is 4.74 Å². The van der Waals surface area contributed by atoms with Crippen molar-refractivity contribution in [3.05, 3.63) is 35.9 Å². The van der Waals surface area contributed by atoms with Gasteiger partial charge >= 0.3 is 0 Å². The molecule has 0 aliphatic carbocycles. The van der Waals surface area contributed by atoms with Crippen molar-refractivity contribution in [1.29, 1.82) is 0 Å². The van der Waals surface area contributed by atoms with Gasteiger partial charge in [0.15, 0.2) is 0 Å². The van der Waals surface area contributed by atoms with Crippen LogP contribution in [0.4, 0.5) is 0 Å². The zero-order chi connectivity index (χ0) is 13.7. The van der Waals surface area contributed by atoms with Gasteiger partial charge in [0.2, 0.25) is 5.91 Å². The highest BCUT2D eigenvalue weighted by molar-refractivity contribution is 5.92. The molecule has 1 aromatic carbocycles. The van der Waals surface area contributed by atoms with Crippen LogP contribution in [0.1, 0.15) is 18.4 Å². The van der Waals surface area contributed by atoms with Crippen molar-refractivity contribution >= 4 is 12.0 Å². The number of aliphatic hydroxyl groups is 1. The minimum absolute atomic E-state index is 0.0255. The number of carbonyl (C=O) groups is 1. The van der Waals surface area contributed by atoms with Crippen molar-refractivity contribution in [2.45, 2.75) is 18.9 Å². The highest BCUT2D eigenvalue weighted by Crippen LogP contribution is 2.18. The number of amides is 1. The molecule has 0 aromatic heterocycles. The third-order valence-electron chi connectivity index (χ3n) is 3.38. The Morgan fingerprint density at radius 3 is 3.16 bits per heavy atom. The van der Waals surface area contributed by atoms with Gasteiger partial charge in [0, 0.05) is 12.6 Å². The van der Waals surface area contributed by atoms with Gasteiger partial charge in [-0.25, -0.2) is 0 Å². The van der Waals surface area contributed by atoms with Gasteiger partial charge < -0.3 is 14.7 Å². The standard InChI is InChI=1S/C15H19NO3/c1-19-14-6-2-4-12(10-14)7-8-15(18)16-9-3-5-13(16)11-17/h2,4,6-8,10,13,17H,3,5,9,11H2,1H3. The predicted molar refractivity (Wildman–Crippen MR) is 73.8 cm³/mol. The first-order chi connectivity index (χ1) is 9.24. The molecule has 1 aromatic rings. The number of likely N-dealkylation sites (tertiary alicyclic amines) is 1. The van der Waals surface area contributed by atoms with Gasteiger partial charge in [0.25, 0.3) is 0 Å². The van der Waals surface area contributed by atoms with Crippen LogP contribution in [0, 0.1) is 0 Å². The topological polar surface area (TPSA) is 49.8 Å². The number of aliphatic hydroxyl groups excluding tert-OH is 1. The SMILES string of the molecule is COc1cccc(C=CC(=O)N2CCCC2CO)c1. The van der Waals surface area contributed by atoms with E-state index in [0.717, 1.165) is 30.7 Å². The zero-order valence-electron chi connectivity index (χ0n) is 11.1. The van der Waals surface area contributed by atoms with Crippen molar-refractivity contribution in [1.82, 2.24) is 4.90 Å². The molecule has 1 heterocycles. The fourth-order valence-electron chi connectivity index (χ4n) is 2.32. The van der Waals surface area contributed by atoms with E-state index in [2.05, 4.69) is 0 Å². The van der Waals surface area contributed by atoms with Gasteiger partial charge in [0.1, 0.15) is 5.75 Å². The molecule has 1 N–H and O–H groups in total. The van der Waals surface area contributed by atoms with E-state index in [9.17, 15) is 9.90 Å². The summed E-state index contributed by atoms with van der Waals surface area (Å²) in [6.45, 7) is 0.769. The summed E-state index contributed by atoms with van der Waals surface area (Å²) in [4.78, 5) is 13.8. The van der Waals surface area contributed by atoms with Crippen LogP contribution in [-0.4, -0.2) is 42.2 Å². The summed E-state index contributed by atoms with van der Waals surface area (Å²) in [6.07, 6.45) is 5.18. The van der Waals surface area contributed by atoms with Gasteiger partial charge in [-0.3, -0.25) is 4.79 Å². The zero-order valence-corrected chi connectivity index (χ0v) is 11.1. The fourth-order valence-corrected chi connectivity index (χ4v) is 2.32. The second kappa shape index (κ2) is 6.38. The van der Waals surface area contributed by atoms with Gasteiger partial charge in [-0.2, -0.15) is 0 Å². The van der Waals surface area contributed by atoms with Crippen LogP contribution in [0.5, 0.6) is 5.75 Å². The molecule has 0 radical (unpaired) electrons. The Morgan fingerprint density at radius 1 is 1.58 bits per heavy atom. The maximum atomic E-state index is 12.0. The molecule has 1 unspecified atom stereocenters. The molecule has 1 fully saturated rings. The number of carbonyl (C=O) groups excluding carboxylic acids is 1. The molecule has 1 saturated heterocycles. The Morgan fingerprint density at radius 2 is 2.42 bits per heavy atom. The molecule has 102 valence electrons. The van der Waals surface area contributed by atoms with Crippen LogP contribution >= 0.6 is 0 Å². The molecule has 4 heteroatoms. The Labute approximate surface area is 113 Å². The second-order valence-corrected chi connectivity index (χ2v) is 4.62. The summed E-state index contributed by atoms with van der Waals surface area (Å²) < 4.78 is 5.13. The molecule has 4 nitrogen and oxygen atoms in total. The van der Waals surface area contributed by atoms with Crippen LogP contribution in [0.3, 0.4) is 0 Å². The third-order valence-corrected chi connectivity index (χ3v) is 3.38. The summed E-state index contributed by atoms with van der Waals surface area (Å²) in [5.74, 6) is 0.725. The van der Waals surface area contributed by atoms with Crippen LogP contribution in [0.15, 0.2) is 30.3 Å². The number of nitrogens with zero attached hydrogens (tertiary/aromatic N) is 1. The largest absolute Gasteiger partial charge is 0.497 e. The molecule has 1 atom stereocenters. The Kier molecular flexibility index (Phi) is 4.58. The quantitative estimate of drug-likeness (QED) is 0.839.